The van der Waals surface area contributed by atoms with E-state index in [9.17, 15) is 0 Å². The van der Waals surface area contributed by atoms with Crippen LogP contribution in [0.25, 0.3) is 83.2 Å². The molecule has 1 aliphatic carbocycles. The minimum absolute atomic E-state index is 0.0597. The van der Waals surface area contributed by atoms with E-state index in [1.165, 1.54) is 27.3 Å². The third kappa shape index (κ3) is 4.46. The first kappa shape index (κ1) is 28.9. The molecule has 7 aromatic carbocycles. The van der Waals surface area contributed by atoms with Crippen molar-refractivity contribution in [3.63, 3.8) is 0 Å². The summed E-state index contributed by atoms with van der Waals surface area (Å²) in [7, 11) is 0. The van der Waals surface area contributed by atoms with Crippen LogP contribution < -0.4 is 4.74 Å². The fourth-order valence-corrected chi connectivity index (χ4v) is 8.15. The number of hydrogen-bond acceptors (Lipinski definition) is 5. The van der Waals surface area contributed by atoms with E-state index in [-0.39, 0.29) is 12.0 Å². The molecule has 0 saturated heterocycles. The van der Waals surface area contributed by atoms with Crippen LogP contribution in [0.3, 0.4) is 0 Å². The maximum atomic E-state index is 6.41. The molecule has 0 N–H and O–H groups in total. The molecule has 0 bridgehead atoms. The number of benzene rings is 7. The summed E-state index contributed by atoms with van der Waals surface area (Å²) in [6, 6.07) is 50.4. The predicted molar refractivity (Wildman–Crippen MR) is 209 cm³/mol. The molecule has 5 heteroatoms. The van der Waals surface area contributed by atoms with Crippen LogP contribution in [0.2, 0.25) is 0 Å². The highest BCUT2D eigenvalue weighted by Gasteiger charge is 2.37. The van der Waals surface area contributed by atoms with Gasteiger partial charge in [-0.3, -0.25) is 0 Å². The Balaban J connectivity index is 1.14. The van der Waals surface area contributed by atoms with Gasteiger partial charge in [-0.2, -0.15) is 0 Å². The molecule has 0 amide bonds. The molecule has 0 spiro atoms. The molecule has 1 aliphatic heterocycles. The number of rotatable bonds is 4. The summed E-state index contributed by atoms with van der Waals surface area (Å²) in [6.07, 6.45) is 6.39. The lowest BCUT2D eigenvalue weighted by molar-refractivity contribution is 0.271. The SMILES string of the molecule is C1=CC2Oc3ccccc3C2C(c2ccccc2-c2nc(-c3ccc4c(ccc5ccccc54)c3)nc(-c3cccc4oc5ccccc5c34)n2)=C1. The third-order valence-corrected chi connectivity index (χ3v) is 10.5. The number of para-hydroxylation sites is 2. The van der Waals surface area contributed by atoms with Gasteiger partial charge in [0.05, 0.1) is 5.92 Å². The molecule has 3 heterocycles. The Morgan fingerprint density at radius 3 is 2.13 bits per heavy atom. The summed E-state index contributed by atoms with van der Waals surface area (Å²) in [5, 5.41) is 6.78. The highest BCUT2D eigenvalue weighted by atomic mass is 16.5. The van der Waals surface area contributed by atoms with Crippen molar-refractivity contribution in [2.24, 2.45) is 0 Å². The van der Waals surface area contributed by atoms with Gasteiger partial charge in [-0.05, 0) is 63.0 Å². The molecule has 0 fully saturated rings. The Kier molecular flexibility index (Phi) is 6.31. The van der Waals surface area contributed by atoms with E-state index in [0.717, 1.165) is 55.3 Å². The van der Waals surface area contributed by atoms with Gasteiger partial charge in [-0.1, -0.05) is 133 Å². The lowest BCUT2D eigenvalue weighted by Gasteiger charge is -2.24. The molecule has 9 aromatic rings. The smallest absolute Gasteiger partial charge is 0.164 e. The molecule has 2 unspecified atom stereocenters. The molecule has 244 valence electrons. The topological polar surface area (TPSA) is 61.0 Å². The van der Waals surface area contributed by atoms with Gasteiger partial charge in [0.25, 0.3) is 0 Å². The zero-order valence-electron chi connectivity index (χ0n) is 27.9. The van der Waals surface area contributed by atoms with Crippen LogP contribution in [0.15, 0.2) is 168 Å². The number of fused-ring (bicyclic) bond motifs is 9. The van der Waals surface area contributed by atoms with E-state index in [1.54, 1.807) is 0 Å². The number of furan rings is 1. The second-order valence-corrected chi connectivity index (χ2v) is 13.5. The minimum atomic E-state index is -0.0735. The zero-order valence-corrected chi connectivity index (χ0v) is 27.9. The van der Waals surface area contributed by atoms with Gasteiger partial charge in [-0.15, -0.1) is 0 Å². The van der Waals surface area contributed by atoms with Gasteiger partial charge in [0.2, 0.25) is 0 Å². The summed E-state index contributed by atoms with van der Waals surface area (Å²) < 4.78 is 12.7. The first-order chi connectivity index (χ1) is 25.8. The summed E-state index contributed by atoms with van der Waals surface area (Å²) in [6.45, 7) is 0. The zero-order chi connectivity index (χ0) is 34.2. The van der Waals surface area contributed by atoms with E-state index in [2.05, 4.69) is 127 Å². The average Bonchev–Trinajstić information content (AvgIpc) is 3.79. The fourth-order valence-electron chi connectivity index (χ4n) is 8.15. The van der Waals surface area contributed by atoms with Gasteiger partial charge in [0.15, 0.2) is 17.5 Å². The average molecular weight is 668 g/mol. The second kappa shape index (κ2) is 11.3. The normalized spacial score (nSPS) is 16.3. The monoisotopic (exact) mass is 667 g/mol. The Morgan fingerprint density at radius 2 is 1.19 bits per heavy atom. The van der Waals surface area contributed by atoms with Crippen LogP contribution in [0.1, 0.15) is 17.0 Å². The largest absolute Gasteiger partial charge is 0.485 e. The molecule has 11 rings (SSSR count). The maximum absolute atomic E-state index is 6.41. The summed E-state index contributed by atoms with van der Waals surface area (Å²) in [4.78, 5) is 15.8. The van der Waals surface area contributed by atoms with Crippen molar-refractivity contribution in [3.05, 3.63) is 175 Å². The van der Waals surface area contributed by atoms with Crippen LogP contribution >= 0.6 is 0 Å². The van der Waals surface area contributed by atoms with Gasteiger partial charge in [0, 0.05) is 33.0 Å². The van der Waals surface area contributed by atoms with Gasteiger partial charge >= 0.3 is 0 Å². The number of allylic oxidation sites excluding steroid dienone is 2. The predicted octanol–water partition coefficient (Wildman–Crippen LogP) is 11.6. The minimum Gasteiger partial charge on any atom is -0.485 e. The summed E-state index contributed by atoms with van der Waals surface area (Å²) in [5.41, 5.74) is 7.83. The van der Waals surface area contributed by atoms with Crippen LogP contribution in [0.4, 0.5) is 0 Å². The van der Waals surface area contributed by atoms with Crippen LogP contribution in [0, 0.1) is 0 Å². The molecule has 52 heavy (non-hydrogen) atoms. The highest BCUT2D eigenvalue weighted by Crippen LogP contribution is 2.49. The van der Waals surface area contributed by atoms with E-state index in [4.69, 9.17) is 24.1 Å². The van der Waals surface area contributed by atoms with Crippen molar-refractivity contribution in [2.75, 3.05) is 0 Å². The van der Waals surface area contributed by atoms with Crippen molar-refractivity contribution < 1.29 is 9.15 Å². The maximum Gasteiger partial charge on any atom is 0.164 e. The Morgan fingerprint density at radius 1 is 0.500 bits per heavy atom. The third-order valence-electron chi connectivity index (χ3n) is 10.5. The summed E-state index contributed by atoms with van der Waals surface area (Å²) in [5.74, 6) is 2.81. The second-order valence-electron chi connectivity index (χ2n) is 13.5. The number of hydrogen-bond donors (Lipinski definition) is 0. The fraction of sp³-hybridized carbons (Fsp3) is 0.0426. The van der Waals surface area contributed by atoms with E-state index < -0.39 is 0 Å². The van der Waals surface area contributed by atoms with Crippen LogP contribution in [0.5, 0.6) is 5.75 Å². The molecule has 2 atom stereocenters. The van der Waals surface area contributed by atoms with Crippen LogP contribution in [-0.4, -0.2) is 21.1 Å². The van der Waals surface area contributed by atoms with Gasteiger partial charge in [0.1, 0.15) is 23.0 Å². The Labute approximate surface area is 299 Å². The molecule has 0 radical (unpaired) electrons. The summed E-state index contributed by atoms with van der Waals surface area (Å²) >= 11 is 0. The van der Waals surface area contributed by atoms with Crippen molar-refractivity contribution >= 4 is 49.1 Å². The van der Waals surface area contributed by atoms with Crippen molar-refractivity contribution in [2.45, 2.75) is 12.0 Å². The highest BCUT2D eigenvalue weighted by molar-refractivity contribution is 6.12. The first-order valence-corrected chi connectivity index (χ1v) is 17.6. The Hall–Kier alpha value is -6.85. The number of ether oxygens (including phenoxy) is 1. The van der Waals surface area contributed by atoms with Crippen molar-refractivity contribution in [3.8, 4) is 39.9 Å². The quantitative estimate of drug-likeness (QED) is 0.175. The standard InChI is InChI=1S/C47H29N3O2/c1-2-12-31-28(11-1)23-24-29-27-30(25-26-32(29)31)45-48-46(50-47(49-45)38-18-10-22-42-44(38)37-16-6-8-20-40(37)52-42)35-14-4-3-13-33(35)34-17-9-21-41-43(34)36-15-5-7-19-39(36)51-41/h1-27,41,43H. The molecular formula is C47H29N3O2. The lowest BCUT2D eigenvalue weighted by Crippen LogP contribution is -2.19. The van der Waals surface area contributed by atoms with E-state index in [1.807, 2.05) is 36.4 Å². The first-order valence-electron chi connectivity index (χ1n) is 17.6. The Bertz CT molecular complexity index is 2970. The number of aromatic nitrogens is 3. The molecule has 2 aliphatic rings. The van der Waals surface area contributed by atoms with Gasteiger partial charge in [-0.25, -0.2) is 15.0 Å². The number of nitrogens with zero attached hydrogens (tertiary/aromatic N) is 3. The van der Waals surface area contributed by atoms with Gasteiger partial charge < -0.3 is 9.15 Å². The molecule has 0 saturated carbocycles. The van der Waals surface area contributed by atoms with Crippen LogP contribution in [-0.2, 0) is 0 Å². The molecule has 2 aromatic heterocycles. The van der Waals surface area contributed by atoms with E-state index in [0.29, 0.717) is 17.5 Å². The lowest BCUT2D eigenvalue weighted by atomic mass is 9.80. The molecule has 5 nitrogen and oxygen atoms in total. The van der Waals surface area contributed by atoms with Crippen molar-refractivity contribution in [1.82, 2.24) is 15.0 Å². The molecular weight excluding hydrogens is 639 g/mol. The van der Waals surface area contributed by atoms with Crippen molar-refractivity contribution in [1.29, 1.82) is 0 Å². The van der Waals surface area contributed by atoms with E-state index >= 15 is 0 Å².